The molecule has 0 saturated carbocycles. The lowest BCUT2D eigenvalue weighted by Gasteiger charge is -2.43. The highest BCUT2D eigenvalue weighted by Gasteiger charge is 2.43. The number of nitrogens with zero attached hydrogens (tertiary/aromatic N) is 4. The van der Waals surface area contributed by atoms with Crippen LogP contribution >= 0.6 is 0 Å². The third-order valence-corrected chi connectivity index (χ3v) is 5.50. The lowest BCUT2D eigenvalue weighted by Crippen LogP contribution is -2.50. The van der Waals surface area contributed by atoms with Crippen molar-refractivity contribution < 1.29 is 22.8 Å². The summed E-state index contributed by atoms with van der Waals surface area (Å²) in [7, 11) is 1.51. The second kappa shape index (κ2) is 7.54. The average Bonchev–Trinajstić information content (AvgIpc) is 2.75. The summed E-state index contributed by atoms with van der Waals surface area (Å²) in [4.78, 5) is 32.1. The standard InChI is InChI=1S/C22H17F3N4O2/c1-28-20(14-7-5-13(12-26)6-8-14)19-16(3-2-4-17(19)30)29(21(28)31)15-9-10-27-18(11-15)22(23,24)25/h5-11,20H,2-4H2,1H3. The van der Waals surface area contributed by atoms with Crippen LogP contribution in [-0.2, 0) is 11.0 Å². The predicted octanol–water partition coefficient (Wildman–Crippen LogP) is 4.59. The third kappa shape index (κ3) is 3.54. The van der Waals surface area contributed by atoms with Crippen LogP contribution in [0.3, 0.4) is 0 Å². The van der Waals surface area contributed by atoms with E-state index < -0.39 is 23.9 Å². The van der Waals surface area contributed by atoms with E-state index in [1.165, 1.54) is 22.9 Å². The number of likely N-dealkylation sites (N-methyl/N-ethyl adjacent to an activating group) is 1. The Morgan fingerprint density at radius 3 is 2.48 bits per heavy atom. The van der Waals surface area contributed by atoms with E-state index in [0.29, 0.717) is 41.7 Å². The van der Waals surface area contributed by atoms with Crippen LogP contribution in [0.1, 0.15) is 42.1 Å². The summed E-state index contributed by atoms with van der Waals surface area (Å²) in [5, 5.41) is 9.03. The van der Waals surface area contributed by atoms with Crippen molar-refractivity contribution in [3.05, 3.63) is 70.7 Å². The van der Waals surface area contributed by atoms with Gasteiger partial charge in [-0.05, 0) is 42.7 Å². The van der Waals surface area contributed by atoms with Gasteiger partial charge in [0, 0.05) is 30.9 Å². The Morgan fingerprint density at radius 2 is 1.84 bits per heavy atom. The minimum Gasteiger partial charge on any atom is -0.316 e. The zero-order valence-electron chi connectivity index (χ0n) is 16.5. The van der Waals surface area contributed by atoms with Gasteiger partial charge in [0.1, 0.15) is 5.69 Å². The van der Waals surface area contributed by atoms with Gasteiger partial charge in [-0.25, -0.2) is 4.79 Å². The second-order valence-corrected chi connectivity index (χ2v) is 7.40. The number of urea groups is 1. The molecule has 1 aliphatic carbocycles. The minimum atomic E-state index is -4.66. The number of allylic oxidation sites excluding steroid dienone is 1. The van der Waals surface area contributed by atoms with Crippen LogP contribution in [0.15, 0.2) is 53.9 Å². The molecule has 1 atom stereocenters. The molecule has 2 aromatic rings. The van der Waals surface area contributed by atoms with Gasteiger partial charge in [0.25, 0.3) is 0 Å². The Bertz CT molecular complexity index is 1130. The molecule has 2 heterocycles. The maximum Gasteiger partial charge on any atom is 0.433 e. The SMILES string of the molecule is CN1C(=O)N(c2ccnc(C(F)(F)F)c2)C2=C(C(=O)CCC2)C1c1ccc(C#N)cc1. The van der Waals surface area contributed by atoms with Gasteiger partial charge < -0.3 is 4.90 Å². The molecule has 1 aliphatic heterocycles. The highest BCUT2D eigenvalue weighted by Crippen LogP contribution is 2.43. The predicted molar refractivity (Wildman–Crippen MR) is 105 cm³/mol. The van der Waals surface area contributed by atoms with Crippen molar-refractivity contribution in [1.82, 2.24) is 9.88 Å². The number of anilines is 1. The fraction of sp³-hybridized carbons (Fsp3) is 0.273. The summed E-state index contributed by atoms with van der Waals surface area (Å²) in [6.07, 6.45) is -2.47. The summed E-state index contributed by atoms with van der Waals surface area (Å²) in [5.74, 6) is -0.148. The van der Waals surface area contributed by atoms with E-state index in [-0.39, 0.29) is 11.5 Å². The fourth-order valence-electron chi connectivity index (χ4n) is 4.08. The van der Waals surface area contributed by atoms with Crippen molar-refractivity contribution in [1.29, 1.82) is 5.26 Å². The van der Waals surface area contributed by atoms with E-state index in [4.69, 9.17) is 5.26 Å². The maximum absolute atomic E-state index is 13.3. The molecule has 1 aromatic carbocycles. The molecule has 2 amide bonds. The molecular formula is C22H17F3N4O2. The van der Waals surface area contributed by atoms with Crippen molar-refractivity contribution in [2.75, 3.05) is 11.9 Å². The van der Waals surface area contributed by atoms with E-state index >= 15 is 0 Å². The van der Waals surface area contributed by atoms with E-state index in [1.807, 2.05) is 6.07 Å². The molecular weight excluding hydrogens is 409 g/mol. The van der Waals surface area contributed by atoms with Crippen LogP contribution in [0, 0.1) is 11.3 Å². The van der Waals surface area contributed by atoms with Crippen molar-refractivity contribution in [2.45, 2.75) is 31.5 Å². The number of nitriles is 1. The zero-order valence-corrected chi connectivity index (χ0v) is 16.5. The Labute approximate surface area is 176 Å². The Balaban J connectivity index is 1.88. The molecule has 158 valence electrons. The lowest BCUT2D eigenvalue weighted by molar-refractivity contribution is -0.141. The number of aromatic nitrogens is 1. The number of hydrogen-bond donors (Lipinski definition) is 0. The van der Waals surface area contributed by atoms with Crippen molar-refractivity contribution in [3.63, 3.8) is 0 Å². The zero-order chi connectivity index (χ0) is 22.3. The lowest BCUT2D eigenvalue weighted by atomic mass is 9.83. The summed E-state index contributed by atoms with van der Waals surface area (Å²) < 4.78 is 39.6. The quantitative estimate of drug-likeness (QED) is 0.704. The molecule has 0 N–H and O–H groups in total. The number of ketones is 1. The number of carbonyl (C=O) groups is 2. The van der Waals surface area contributed by atoms with Crippen molar-refractivity contribution >= 4 is 17.5 Å². The molecule has 1 aromatic heterocycles. The van der Waals surface area contributed by atoms with E-state index in [0.717, 1.165) is 12.3 Å². The third-order valence-electron chi connectivity index (χ3n) is 5.50. The number of Topliss-reactive ketones (excluding diaryl/α,β-unsaturated/α-hetero) is 1. The number of carbonyl (C=O) groups excluding carboxylic acids is 2. The van der Waals surface area contributed by atoms with Crippen molar-refractivity contribution in [2.24, 2.45) is 0 Å². The van der Waals surface area contributed by atoms with E-state index in [1.54, 1.807) is 24.3 Å². The summed E-state index contributed by atoms with van der Waals surface area (Å²) in [5.41, 5.74) is 0.800. The van der Waals surface area contributed by atoms with Gasteiger partial charge in [0.15, 0.2) is 5.78 Å². The van der Waals surface area contributed by atoms with Crippen LogP contribution in [0.4, 0.5) is 23.7 Å². The topological polar surface area (TPSA) is 77.3 Å². The van der Waals surface area contributed by atoms with Crippen LogP contribution in [-0.4, -0.2) is 28.7 Å². The average molecular weight is 426 g/mol. The largest absolute Gasteiger partial charge is 0.433 e. The number of pyridine rings is 1. The number of amides is 2. The van der Waals surface area contributed by atoms with Crippen LogP contribution in [0.25, 0.3) is 0 Å². The van der Waals surface area contributed by atoms with Gasteiger partial charge in [-0.15, -0.1) is 0 Å². The van der Waals surface area contributed by atoms with Crippen LogP contribution < -0.4 is 4.90 Å². The Morgan fingerprint density at radius 1 is 1.13 bits per heavy atom. The van der Waals surface area contributed by atoms with Gasteiger partial charge in [0.05, 0.1) is 23.4 Å². The normalized spacial score (nSPS) is 19.4. The first-order valence-electron chi connectivity index (χ1n) is 9.59. The van der Waals surface area contributed by atoms with Gasteiger partial charge in [-0.3, -0.25) is 14.7 Å². The van der Waals surface area contributed by atoms with Crippen LogP contribution in [0.5, 0.6) is 0 Å². The minimum absolute atomic E-state index is 0.0136. The maximum atomic E-state index is 13.3. The molecule has 2 aliphatic rings. The Kier molecular flexibility index (Phi) is 5.01. The van der Waals surface area contributed by atoms with E-state index in [9.17, 15) is 22.8 Å². The molecule has 1 unspecified atom stereocenters. The number of rotatable bonds is 2. The second-order valence-electron chi connectivity index (χ2n) is 7.40. The van der Waals surface area contributed by atoms with Gasteiger partial charge in [-0.2, -0.15) is 18.4 Å². The number of halogens is 3. The summed E-state index contributed by atoms with van der Waals surface area (Å²) >= 11 is 0. The summed E-state index contributed by atoms with van der Waals surface area (Å²) in [6, 6.07) is 9.52. The highest BCUT2D eigenvalue weighted by atomic mass is 19.4. The molecule has 0 radical (unpaired) electrons. The molecule has 9 heteroatoms. The first-order valence-corrected chi connectivity index (χ1v) is 9.59. The smallest absolute Gasteiger partial charge is 0.316 e. The van der Waals surface area contributed by atoms with Crippen molar-refractivity contribution in [3.8, 4) is 6.07 Å². The van der Waals surface area contributed by atoms with Crippen LogP contribution in [0.2, 0.25) is 0 Å². The molecule has 6 nitrogen and oxygen atoms in total. The van der Waals surface area contributed by atoms with Gasteiger partial charge in [0.2, 0.25) is 0 Å². The van der Waals surface area contributed by atoms with E-state index in [2.05, 4.69) is 4.98 Å². The monoisotopic (exact) mass is 426 g/mol. The first-order chi connectivity index (χ1) is 14.7. The number of hydrogen-bond acceptors (Lipinski definition) is 4. The fourth-order valence-corrected chi connectivity index (χ4v) is 4.08. The molecule has 0 saturated heterocycles. The summed E-state index contributed by atoms with van der Waals surface area (Å²) in [6.45, 7) is 0. The Hall–Kier alpha value is -3.67. The van der Waals surface area contributed by atoms with Gasteiger partial charge >= 0.3 is 12.2 Å². The molecule has 0 fully saturated rings. The van der Waals surface area contributed by atoms with Gasteiger partial charge in [-0.1, -0.05) is 12.1 Å². The molecule has 0 spiro atoms. The highest BCUT2D eigenvalue weighted by molar-refractivity contribution is 6.06. The number of alkyl halides is 3. The molecule has 31 heavy (non-hydrogen) atoms. The number of benzene rings is 1. The molecule has 4 rings (SSSR count). The molecule has 0 bridgehead atoms. The first kappa shape index (κ1) is 20.6.